The van der Waals surface area contributed by atoms with E-state index in [1.54, 1.807) is 0 Å². The van der Waals surface area contributed by atoms with Crippen LogP contribution in [0.1, 0.15) is 66.2 Å². The van der Waals surface area contributed by atoms with Crippen LogP contribution in [0.4, 0.5) is 0 Å². The Morgan fingerprint density at radius 1 is 1.17 bits per heavy atom. The van der Waals surface area contributed by atoms with Crippen LogP contribution in [0, 0.1) is 5.92 Å². The summed E-state index contributed by atoms with van der Waals surface area (Å²) in [6.07, 6.45) is 8.43. The molecule has 0 spiro atoms. The Bertz CT molecular complexity index is 239. The Hall–Kier alpha value is -0.500. The maximum absolute atomic E-state index is 5.89. The van der Waals surface area contributed by atoms with Crippen LogP contribution in [0.3, 0.4) is 0 Å². The maximum atomic E-state index is 5.89. The molecular formula is C16H31NO. The van der Waals surface area contributed by atoms with Gasteiger partial charge in [0.2, 0.25) is 0 Å². The van der Waals surface area contributed by atoms with Crippen molar-refractivity contribution >= 4 is 0 Å². The third kappa shape index (κ3) is 6.44. The first-order chi connectivity index (χ1) is 8.47. The van der Waals surface area contributed by atoms with E-state index >= 15 is 0 Å². The lowest BCUT2D eigenvalue weighted by Gasteiger charge is -2.30. The molecule has 2 heteroatoms. The van der Waals surface area contributed by atoms with Crippen LogP contribution >= 0.6 is 0 Å². The van der Waals surface area contributed by atoms with Gasteiger partial charge in [-0.2, -0.15) is 0 Å². The standard InChI is InChI=1S/C16H31NO/c1-12(2)17-14(5)6-7-15-8-10-16(11-9-15)18-13(3)4/h12-13,15-17H,5-11H2,1-4H3. The zero-order valence-corrected chi connectivity index (χ0v) is 12.7. The smallest absolute Gasteiger partial charge is 0.0578 e. The third-order valence-electron chi connectivity index (χ3n) is 3.61. The van der Waals surface area contributed by atoms with Crippen molar-refractivity contribution in [3.8, 4) is 0 Å². The SMILES string of the molecule is C=C(CCC1CCC(OC(C)C)CC1)NC(C)C. The molecule has 1 saturated carbocycles. The van der Waals surface area contributed by atoms with Gasteiger partial charge < -0.3 is 10.1 Å². The Balaban J connectivity index is 2.14. The normalized spacial score (nSPS) is 24.6. The average molecular weight is 253 g/mol. The zero-order valence-electron chi connectivity index (χ0n) is 12.7. The van der Waals surface area contributed by atoms with Gasteiger partial charge >= 0.3 is 0 Å². The largest absolute Gasteiger partial charge is 0.387 e. The highest BCUT2D eigenvalue weighted by atomic mass is 16.5. The fourth-order valence-electron chi connectivity index (χ4n) is 2.80. The molecule has 0 heterocycles. The van der Waals surface area contributed by atoms with Gasteiger partial charge in [0, 0.05) is 11.7 Å². The van der Waals surface area contributed by atoms with Crippen LogP contribution in [0.2, 0.25) is 0 Å². The van der Waals surface area contributed by atoms with Crippen molar-refractivity contribution in [3.05, 3.63) is 12.3 Å². The molecule has 0 atom stereocenters. The molecule has 0 aromatic heterocycles. The van der Waals surface area contributed by atoms with Crippen LogP contribution in [-0.4, -0.2) is 18.2 Å². The first kappa shape index (κ1) is 15.6. The Morgan fingerprint density at radius 2 is 1.78 bits per heavy atom. The van der Waals surface area contributed by atoms with Gasteiger partial charge in [-0.3, -0.25) is 0 Å². The minimum atomic E-state index is 0.376. The van der Waals surface area contributed by atoms with Gasteiger partial charge in [-0.05, 0) is 72.1 Å². The summed E-state index contributed by atoms with van der Waals surface area (Å²) in [5.74, 6) is 0.878. The van der Waals surface area contributed by atoms with Gasteiger partial charge in [0.25, 0.3) is 0 Å². The highest BCUT2D eigenvalue weighted by Crippen LogP contribution is 2.30. The minimum Gasteiger partial charge on any atom is -0.387 e. The fourth-order valence-corrected chi connectivity index (χ4v) is 2.80. The molecule has 18 heavy (non-hydrogen) atoms. The van der Waals surface area contributed by atoms with Gasteiger partial charge in [-0.1, -0.05) is 6.58 Å². The predicted octanol–water partition coefficient (Wildman–Crippen LogP) is 4.26. The Labute approximate surface area is 113 Å². The van der Waals surface area contributed by atoms with Gasteiger partial charge in [0.05, 0.1) is 12.2 Å². The summed E-state index contributed by atoms with van der Waals surface area (Å²) < 4.78 is 5.89. The molecule has 1 fully saturated rings. The van der Waals surface area contributed by atoms with Crippen molar-refractivity contribution in [2.24, 2.45) is 5.92 Å². The summed E-state index contributed by atoms with van der Waals surface area (Å²) in [6, 6.07) is 0.507. The number of allylic oxidation sites excluding steroid dienone is 1. The first-order valence-corrected chi connectivity index (χ1v) is 7.57. The van der Waals surface area contributed by atoms with Gasteiger partial charge in [0.1, 0.15) is 0 Å². The number of ether oxygens (including phenoxy) is 1. The average Bonchev–Trinajstić information content (AvgIpc) is 2.26. The third-order valence-corrected chi connectivity index (χ3v) is 3.61. The molecule has 1 rings (SSSR count). The first-order valence-electron chi connectivity index (χ1n) is 7.57. The number of hydrogen-bond donors (Lipinski definition) is 1. The van der Waals surface area contributed by atoms with Crippen LogP contribution < -0.4 is 5.32 Å². The Kier molecular flexibility index (Phi) is 6.77. The van der Waals surface area contributed by atoms with Crippen molar-refractivity contribution in [2.45, 2.75) is 84.5 Å². The molecule has 1 aliphatic carbocycles. The monoisotopic (exact) mass is 253 g/mol. The summed E-state index contributed by atoms with van der Waals surface area (Å²) in [4.78, 5) is 0. The molecule has 2 nitrogen and oxygen atoms in total. The molecule has 0 amide bonds. The second-order valence-electron chi connectivity index (χ2n) is 6.27. The van der Waals surface area contributed by atoms with Crippen molar-refractivity contribution in [2.75, 3.05) is 0 Å². The molecule has 0 unspecified atom stereocenters. The molecule has 0 aliphatic heterocycles. The van der Waals surface area contributed by atoms with Crippen LogP contribution in [0.15, 0.2) is 12.3 Å². The summed E-state index contributed by atoms with van der Waals surface area (Å²) >= 11 is 0. The van der Waals surface area contributed by atoms with Crippen molar-refractivity contribution in [1.29, 1.82) is 0 Å². The van der Waals surface area contributed by atoms with Gasteiger partial charge in [0.15, 0.2) is 0 Å². The van der Waals surface area contributed by atoms with E-state index in [0.717, 1.165) is 12.3 Å². The topological polar surface area (TPSA) is 21.3 Å². The Morgan fingerprint density at radius 3 is 2.28 bits per heavy atom. The van der Waals surface area contributed by atoms with E-state index in [1.807, 2.05) is 0 Å². The van der Waals surface area contributed by atoms with Crippen molar-refractivity contribution in [3.63, 3.8) is 0 Å². The number of hydrogen-bond acceptors (Lipinski definition) is 2. The summed E-state index contributed by atoms with van der Waals surface area (Å²) in [6.45, 7) is 12.7. The van der Waals surface area contributed by atoms with Crippen LogP contribution in [0.5, 0.6) is 0 Å². The second kappa shape index (κ2) is 7.83. The van der Waals surface area contributed by atoms with Gasteiger partial charge in [-0.15, -0.1) is 0 Å². The number of nitrogens with one attached hydrogen (secondary N) is 1. The molecule has 0 radical (unpaired) electrons. The predicted molar refractivity (Wildman–Crippen MR) is 78.6 cm³/mol. The molecular weight excluding hydrogens is 222 g/mol. The number of rotatable bonds is 7. The van der Waals surface area contributed by atoms with E-state index in [0.29, 0.717) is 18.2 Å². The molecule has 0 bridgehead atoms. The molecule has 1 N–H and O–H groups in total. The van der Waals surface area contributed by atoms with Crippen molar-refractivity contribution in [1.82, 2.24) is 5.32 Å². The highest BCUT2D eigenvalue weighted by Gasteiger charge is 2.22. The lowest BCUT2D eigenvalue weighted by Crippen LogP contribution is -2.25. The van der Waals surface area contributed by atoms with E-state index < -0.39 is 0 Å². The maximum Gasteiger partial charge on any atom is 0.0578 e. The van der Waals surface area contributed by atoms with E-state index in [4.69, 9.17) is 4.74 Å². The van der Waals surface area contributed by atoms with Gasteiger partial charge in [-0.25, -0.2) is 0 Å². The fraction of sp³-hybridized carbons (Fsp3) is 0.875. The highest BCUT2D eigenvalue weighted by molar-refractivity contribution is 4.93. The van der Waals surface area contributed by atoms with E-state index in [-0.39, 0.29) is 0 Å². The van der Waals surface area contributed by atoms with Crippen molar-refractivity contribution < 1.29 is 4.74 Å². The quantitative estimate of drug-likeness (QED) is 0.732. The minimum absolute atomic E-state index is 0.376. The lowest BCUT2D eigenvalue weighted by molar-refractivity contribution is -0.0201. The molecule has 0 aromatic carbocycles. The molecule has 0 aromatic rings. The summed E-state index contributed by atoms with van der Waals surface area (Å²) in [5.41, 5.74) is 1.20. The van der Waals surface area contributed by atoms with Crippen LogP contribution in [0.25, 0.3) is 0 Å². The van der Waals surface area contributed by atoms with E-state index in [1.165, 1.54) is 37.8 Å². The molecule has 106 valence electrons. The van der Waals surface area contributed by atoms with E-state index in [9.17, 15) is 0 Å². The summed E-state index contributed by atoms with van der Waals surface area (Å²) in [7, 11) is 0. The zero-order chi connectivity index (χ0) is 13.5. The second-order valence-corrected chi connectivity index (χ2v) is 6.27. The lowest BCUT2D eigenvalue weighted by atomic mass is 9.84. The molecule has 0 saturated heterocycles. The van der Waals surface area contributed by atoms with Crippen LogP contribution in [-0.2, 0) is 4.74 Å². The van der Waals surface area contributed by atoms with E-state index in [2.05, 4.69) is 39.6 Å². The summed E-state index contributed by atoms with van der Waals surface area (Å²) in [5, 5.41) is 3.40. The molecule has 1 aliphatic rings.